The fraction of sp³-hybridized carbons (Fsp3) is 0.431. The minimum atomic E-state index is -2.50. The van der Waals surface area contributed by atoms with Crippen LogP contribution in [0.5, 0.6) is 0 Å². The molecule has 2 unspecified atom stereocenters. The normalized spacial score (nSPS) is 22.3. The number of hydrogen-bond donors (Lipinski definition) is 14. The van der Waals surface area contributed by atoms with Crippen LogP contribution in [0.25, 0.3) is 22.3 Å². The van der Waals surface area contributed by atoms with Gasteiger partial charge in [-0.05, 0) is 83.0 Å². The molecule has 1 aromatic heterocycles. The van der Waals surface area contributed by atoms with Crippen LogP contribution < -0.4 is 31.9 Å². The molecule has 27 nitrogen and oxygen atoms in total. The highest BCUT2D eigenvalue weighted by Gasteiger charge is 2.57. The van der Waals surface area contributed by atoms with Crippen LogP contribution in [0.15, 0.2) is 128 Å². The number of hydrogen-bond acceptors (Lipinski definition) is 21. The first-order valence-corrected chi connectivity index (χ1v) is 32.6. The number of benzene rings is 4. The first kappa shape index (κ1) is 73.5. The van der Waals surface area contributed by atoms with E-state index in [4.69, 9.17) is 18.9 Å². The van der Waals surface area contributed by atoms with Gasteiger partial charge >= 0.3 is 11.9 Å². The van der Waals surface area contributed by atoms with E-state index in [2.05, 4.69) is 36.9 Å². The molecular weight excluding hydrogens is 1260 g/mol. The summed E-state index contributed by atoms with van der Waals surface area (Å²) in [6.45, 7) is 1.32. The molecule has 2 aliphatic rings. The highest BCUT2D eigenvalue weighted by Crippen LogP contribution is 2.36. The molecule has 0 bridgehead atoms. The van der Waals surface area contributed by atoms with Gasteiger partial charge in [-0.25, -0.2) is 9.59 Å². The Morgan fingerprint density at radius 2 is 0.883 bits per heavy atom. The second-order valence-corrected chi connectivity index (χ2v) is 24.7. The van der Waals surface area contributed by atoms with Gasteiger partial charge < -0.3 is 91.7 Å². The minimum absolute atomic E-state index is 0.0465. The van der Waals surface area contributed by atoms with Crippen LogP contribution >= 0.6 is 23.5 Å². The highest BCUT2D eigenvalue weighted by atomic mass is 32.2. The molecule has 0 spiro atoms. The Hall–Kier alpha value is -7.91. The van der Waals surface area contributed by atoms with Crippen molar-refractivity contribution >= 4 is 70.9 Å². The molecule has 29 heteroatoms. The van der Waals surface area contributed by atoms with Crippen LogP contribution in [-0.4, -0.2) is 228 Å². The zero-order valence-corrected chi connectivity index (χ0v) is 53.2. The minimum Gasteiger partial charge on any atom is -0.477 e. The van der Waals surface area contributed by atoms with E-state index >= 15 is 0 Å². The molecule has 94 heavy (non-hydrogen) atoms. The maximum Gasteiger partial charge on any atom is 0.364 e. The third-order valence-electron chi connectivity index (χ3n) is 15.3. The van der Waals surface area contributed by atoms with E-state index < -0.39 is 146 Å². The summed E-state index contributed by atoms with van der Waals surface area (Å²) in [6.07, 6.45) is -13.5. The van der Waals surface area contributed by atoms with Crippen molar-refractivity contribution < 1.29 is 98.2 Å². The summed E-state index contributed by atoms with van der Waals surface area (Å²) in [5, 5.41) is 103. The van der Waals surface area contributed by atoms with Crippen molar-refractivity contribution in [3.63, 3.8) is 0 Å². The van der Waals surface area contributed by atoms with E-state index in [1.165, 1.54) is 41.9 Å². The van der Waals surface area contributed by atoms with Gasteiger partial charge in [0.2, 0.25) is 11.8 Å². The summed E-state index contributed by atoms with van der Waals surface area (Å²) in [5.41, 5.74) is 4.39. The first-order valence-electron chi connectivity index (χ1n) is 30.3. The van der Waals surface area contributed by atoms with Crippen molar-refractivity contribution in [3.05, 3.63) is 150 Å². The number of carboxylic acid groups (broad SMARTS) is 2. The Kier molecular flexibility index (Phi) is 27.8. The molecule has 12 atom stereocenters. The van der Waals surface area contributed by atoms with Gasteiger partial charge in [0.1, 0.15) is 30.1 Å². The molecule has 2 fully saturated rings. The molecule has 5 aromatic rings. The van der Waals surface area contributed by atoms with Crippen LogP contribution in [0.2, 0.25) is 0 Å². The van der Waals surface area contributed by atoms with Gasteiger partial charge in [-0.3, -0.25) is 33.8 Å². The number of rotatable bonds is 34. The zero-order valence-electron chi connectivity index (χ0n) is 51.5. The Labute approximate surface area is 550 Å². The molecule has 14 N–H and O–H groups in total. The second kappa shape index (κ2) is 35.6. The van der Waals surface area contributed by atoms with Gasteiger partial charge in [-0.1, -0.05) is 84.9 Å². The molecule has 7 rings (SSSR count). The number of aromatic nitrogens is 1. The topological polar surface area (TPSA) is 420 Å². The lowest BCUT2D eigenvalue weighted by Gasteiger charge is -2.46. The van der Waals surface area contributed by atoms with E-state index in [0.29, 0.717) is 23.0 Å². The van der Waals surface area contributed by atoms with Crippen LogP contribution in [0.1, 0.15) is 81.1 Å². The van der Waals surface area contributed by atoms with Crippen LogP contribution in [0, 0.1) is 0 Å². The van der Waals surface area contributed by atoms with Crippen molar-refractivity contribution in [1.82, 2.24) is 36.9 Å². The highest BCUT2D eigenvalue weighted by molar-refractivity contribution is 7.99. The van der Waals surface area contributed by atoms with Crippen molar-refractivity contribution in [2.45, 2.75) is 112 Å². The maximum absolute atomic E-state index is 13.0. The lowest BCUT2D eigenvalue weighted by atomic mass is 9.88. The number of pyridine rings is 1. The van der Waals surface area contributed by atoms with Gasteiger partial charge in [-0.2, -0.15) is 23.5 Å². The molecule has 0 saturated carbocycles. The number of aliphatic hydroxyl groups excluding tert-OH is 6. The van der Waals surface area contributed by atoms with E-state index in [-0.39, 0.29) is 61.5 Å². The third-order valence-corrected chi connectivity index (χ3v) is 17.4. The quantitative estimate of drug-likeness (QED) is 0.0258. The summed E-state index contributed by atoms with van der Waals surface area (Å²) in [7, 11) is 0. The number of aliphatic hydroxyl groups is 6. The van der Waals surface area contributed by atoms with Gasteiger partial charge in [-0.15, -0.1) is 0 Å². The molecule has 506 valence electrons. The third kappa shape index (κ3) is 20.5. The maximum atomic E-state index is 13.0. The summed E-state index contributed by atoms with van der Waals surface area (Å²) in [4.78, 5) is 106. The predicted molar refractivity (Wildman–Crippen MR) is 344 cm³/mol. The number of amides is 6. The Morgan fingerprint density at radius 1 is 0.511 bits per heavy atom. The smallest absolute Gasteiger partial charge is 0.364 e. The molecule has 6 amide bonds. The van der Waals surface area contributed by atoms with Crippen molar-refractivity contribution in [1.29, 1.82) is 0 Å². The number of aliphatic carboxylic acids is 2. The number of thioether (sulfide) groups is 2. The van der Waals surface area contributed by atoms with Gasteiger partial charge in [0.15, 0.2) is 0 Å². The summed E-state index contributed by atoms with van der Waals surface area (Å²) < 4.78 is 23.1. The average molecular weight is 1340 g/mol. The van der Waals surface area contributed by atoms with Crippen LogP contribution in [0.4, 0.5) is 0 Å². The van der Waals surface area contributed by atoms with E-state index in [0.717, 1.165) is 36.1 Å². The van der Waals surface area contributed by atoms with Crippen LogP contribution in [0.3, 0.4) is 0 Å². The van der Waals surface area contributed by atoms with Gasteiger partial charge in [0, 0.05) is 81.7 Å². The fourth-order valence-corrected chi connectivity index (χ4v) is 11.9. The molecule has 0 radical (unpaired) electrons. The van der Waals surface area contributed by atoms with Crippen molar-refractivity contribution in [2.24, 2.45) is 0 Å². The molecular formula is C65H79N7O20S2. The largest absolute Gasteiger partial charge is 0.477 e. The van der Waals surface area contributed by atoms with E-state index in [1.54, 1.807) is 48.5 Å². The number of ether oxygens (including phenoxy) is 4. The molecule has 2 saturated heterocycles. The Bertz CT molecular complexity index is 3110. The SMILES string of the molecule is CC(=O)N[C@@H]1[C@@H](O)C[C@](OCCCSCCNC(=O)c2ccc(C(=O)NCCSCCCO[C@]3(C(=O)O)C[C@H](O)[C@@H](NC(C)=O)[C@H](C(O)[C@H](O)CNC(=O)c4ccc(-c5ccccc5)cc4)O3)nc2)(C(=O)O)O[C@H]1C(O)[C@H](O)CNC(=O)c1ccc(-c2ccccc2)cc1. The predicted octanol–water partition coefficient (Wildman–Crippen LogP) is 1.33. The molecule has 3 heterocycles. The number of carboxylic acids is 2. The number of carbonyl (C=O) groups is 8. The molecule has 4 aromatic carbocycles. The zero-order chi connectivity index (χ0) is 68.0. The van der Waals surface area contributed by atoms with Gasteiger partial charge in [0.25, 0.3) is 35.2 Å². The number of carbonyl (C=O) groups excluding carboxylic acids is 6. The lowest BCUT2D eigenvalue weighted by molar-refractivity contribution is -0.310. The average Bonchev–Trinajstić information content (AvgIpc) is 0.777. The summed E-state index contributed by atoms with van der Waals surface area (Å²) >= 11 is 2.81. The summed E-state index contributed by atoms with van der Waals surface area (Å²) in [6, 6.07) is 32.4. The Balaban J connectivity index is 0.773. The Morgan fingerprint density at radius 3 is 1.26 bits per heavy atom. The van der Waals surface area contributed by atoms with Gasteiger partial charge in [0.05, 0.1) is 55.3 Å². The lowest BCUT2D eigenvalue weighted by Crippen LogP contribution is -2.68. The van der Waals surface area contributed by atoms with E-state index in [9.17, 15) is 79.2 Å². The van der Waals surface area contributed by atoms with Crippen molar-refractivity contribution in [3.8, 4) is 22.3 Å². The molecule has 0 aliphatic carbocycles. The second-order valence-electron chi connectivity index (χ2n) is 22.3. The van der Waals surface area contributed by atoms with Crippen molar-refractivity contribution in [2.75, 3.05) is 62.4 Å². The summed E-state index contributed by atoms with van der Waals surface area (Å²) in [5.74, 6) is -9.93. The molecule has 2 aliphatic heterocycles. The number of nitrogens with one attached hydrogen (secondary N) is 6. The number of nitrogens with zero attached hydrogens (tertiary/aromatic N) is 1. The monoisotopic (exact) mass is 1340 g/mol. The standard InChI is InChI=1S/C65H79N7O20S2/c1-38(73)71-52-48(75)33-64(62(85)86,91-56(52)54(79)50(77)36-69-58(81)44-19-15-42(16-20-44)40-11-5-3-6-12-40)89-27-9-29-93-31-25-66-60(83)46-23-24-47(68-35-46)61(84)67-26-32-94-30-10-28-90-65(63(87)88)34-49(76)53(72-39(2)74)57(92-65)55(80)51(78)37-70-59(82)45-21-17-43(18-22-45)41-13-7-4-8-14-41/h3-8,11-24,35,48-57,75-80H,9-10,25-34,36-37H2,1-2H3,(H,66,83)(H,67,84)(H,69,81)(H,70,82)(H,71,73)(H,72,74)(H,85,86)(H,87,88)/t48-,49-,50+,51+,52+,53+,54?,55?,56+,57+,64+,65+/m0/s1. The van der Waals surface area contributed by atoms with E-state index in [1.807, 2.05) is 60.7 Å². The van der Waals surface area contributed by atoms with Crippen LogP contribution in [-0.2, 0) is 38.1 Å². The first-order chi connectivity index (χ1) is 45.0. The fourth-order valence-electron chi connectivity index (χ4n) is 10.4.